The number of hydrogen-bond donors (Lipinski definition) is 1. The van der Waals surface area contributed by atoms with Gasteiger partial charge in [-0.05, 0) is 42.2 Å². The van der Waals surface area contributed by atoms with E-state index in [0.29, 0.717) is 13.0 Å². The Kier molecular flexibility index (Phi) is 5.13. The van der Waals surface area contributed by atoms with Crippen molar-refractivity contribution in [2.45, 2.75) is 38.4 Å². The van der Waals surface area contributed by atoms with Crippen LogP contribution in [0.25, 0.3) is 10.8 Å². The van der Waals surface area contributed by atoms with Crippen molar-refractivity contribution in [2.24, 2.45) is 0 Å². The molecule has 0 radical (unpaired) electrons. The van der Waals surface area contributed by atoms with Crippen LogP contribution in [0.1, 0.15) is 26.2 Å². The number of fused-ring (bicyclic) bond motifs is 1. The minimum absolute atomic E-state index is 0.0730. The van der Waals surface area contributed by atoms with Crippen molar-refractivity contribution in [3.8, 4) is 5.75 Å². The summed E-state index contributed by atoms with van der Waals surface area (Å²) in [7, 11) is 0. The van der Waals surface area contributed by atoms with Crippen LogP contribution in [0.3, 0.4) is 0 Å². The first-order chi connectivity index (χ1) is 11.3. The van der Waals surface area contributed by atoms with E-state index < -0.39 is 6.10 Å². The van der Waals surface area contributed by atoms with Gasteiger partial charge in [0.05, 0.1) is 6.10 Å². The molecule has 1 aliphatic heterocycles. The van der Waals surface area contributed by atoms with Crippen LogP contribution in [-0.2, 0) is 9.53 Å². The molecule has 2 aromatic carbocycles. The number of carbonyl (C=O) groups excluding carboxylic acids is 1. The molecule has 3 rings (SSSR count). The zero-order valence-electron chi connectivity index (χ0n) is 13.5. The number of amides is 1. The molecule has 1 saturated heterocycles. The average molecular weight is 313 g/mol. The standard InChI is InChI=1S/C19H23NO3/c1-2-18(19(21)20-13-17-8-5-11-22-17)23-16-10-9-14-6-3-4-7-15(14)12-16/h3-4,6-7,9-10,12,17-18H,2,5,8,11,13H2,1H3,(H,20,21)/t17-,18+/m1/s1. The minimum atomic E-state index is -0.474. The van der Waals surface area contributed by atoms with E-state index in [1.54, 1.807) is 0 Å². The first-order valence-electron chi connectivity index (χ1n) is 8.31. The lowest BCUT2D eigenvalue weighted by Crippen LogP contribution is -2.41. The van der Waals surface area contributed by atoms with Crippen LogP contribution in [0.2, 0.25) is 0 Å². The summed E-state index contributed by atoms with van der Waals surface area (Å²) < 4.78 is 11.4. The molecule has 122 valence electrons. The summed E-state index contributed by atoms with van der Waals surface area (Å²) in [6.07, 6.45) is 2.40. The highest BCUT2D eigenvalue weighted by atomic mass is 16.5. The predicted molar refractivity (Wildman–Crippen MR) is 90.6 cm³/mol. The highest BCUT2D eigenvalue weighted by Gasteiger charge is 2.21. The van der Waals surface area contributed by atoms with Gasteiger partial charge in [-0.15, -0.1) is 0 Å². The van der Waals surface area contributed by atoms with Crippen LogP contribution in [0, 0.1) is 0 Å². The van der Waals surface area contributed by atoms with E-state index in [0.717, 1.165) is 36.0 Å². The Morgan fingerprint density at radius 1 is 1.30 bits per heavy atom. The van der Waals surface area contributed by atoms with E-state index in [1.165, 1.54) is 0 Å². The number of benzene rings is 2. The highest BCUT2D eigenvalue weighted by molar-refractivity contribution is 5.84. The molecule has 0 saturated carbocycles. The lowest BCUT2D eigenvalue weighted by atomic mass is 10.1. The molecule has 23 heavy (non-hydrogen) atoms. The van der Waals surface area contributed by atoms with Crippen molar-refractivity contribution in [3.63, 3.8) is 0 Å². The number of carbonyl (C=O) groups is 1. The van der Waals surface area contributed by atoms with Crippen LogP contribution in [0.15, 0.2) is 42.5 Å². The second-order valence-electron chi connectivity index (χ2n) is 5.90. The van der Waals surface area contributed by atoms with E-state index in [-0.39, 0.29) is 12.0 Å². The summed E-state index contributed by atoms with van der Waals surface area (Å²) in [5.74, 6) is 0.652. The van der Waals surface area contributed by atoms with Gasteiger partial charge in [-0.25, -0.2) is 0 Å². The molecule has 0 aliphatic carbocycles. The maximum atomic E-state index is 12.3. The Morgan fingerprint density at radius 3 is 2.87 bits per heavy atom. The van der Waals surface area contributed by atoms with Crippen molar-refractivity contribution in [1.82, 2.24) is 5.32 Å². The summed E-state index contributed by atoms with van der Waals surface area (Å²) >= 11 is 0. The van der Waals surface area contributed by atoms with Crippen LogP contribution < -0.4 is 10.1 Å². The third-order valence-corrected chi connectivity index (χ3v) is 4.19. The minimum Gasteiger partial charge on any atom is -0.481 e. The van der Waals surface area contributed by atoms with Crippen molar-refractivity contribution in [2.75, 3.05) is 13.2 Å². The van der Waals surface area contributed by atoms with E-state index in [2.05, 4.69) is 11.4 Å². The van der Waals surface area contributed by atoms with Crippen molar-refractivity contribution < 1.29 is 14.3 Å². The number of hydrogen-bond acceptors (Lipinski definition) is 3. The van der Waals surface area contributed by atoms with Gasteiger partial charge < -0.3 is 14.8 Å². The van der Waals surface area contributed by atoms with Gasteiger partial charge in [-0.1, -0.05) is 37.3 Å². The molecule has 1 aliphatic rings. The van der Waals surface area contributed by atoms with Crippen LogP contribution >= 0.6 is 0 Å². The Bertz CT molecular complexity index is 664. The van der Waals surface area contributed by atoms with E-state index >= 15 is 0 Å². The first kappa shape index (κ1) is 15.8. The number of nitrogens with one attached hydrogen (secondary N) is 1. The second-order valence-corrected chi connectivity index (χ2v) is 5.90. The van der Waals surface area contributed by atoms with Gasteiger partial charge in [-0.3, -0.25) is 4.79 Å². The first-order valence-corrected chi connectivity index (χ1v) is 8.31. The maximum Gasteiger partial charge on any atom is 0.261 e. The van der Waals surface area contributed by atoms with Gasteiger partial charge in [0, 0.05) is 13.2 Å². The Labute approximate surface area is 136 Å². The van der Waals surface area contributed by atoms with Crippen LogP contribution in [-0.4, -0.2) is 31.3 Å². The zero-order chi connectivity index (χ0) is 16.1. The summed E-state index contributed by atoms with van der Waals surface area (Å²) in [6, 6.07) is 14.0. The number of ether oxygens (including phenoxy) is 2. The van der Waals surface area contributed by atoms with Gasteiger partial charge >= 0.3 is 0 Å². The summed E-state index contributed by atoms with van der Waals surface area (Å²) in [4.78, 5) is 12.3. The topological polar surface area (TPSA) is 47.6 Å². The fraction of sp³-hybridized carbons (Fsp3) is 0.421. The average Bonchev–Trinajstić information content (AvgIpc) is 3.11. The van der Waals surface area contributed by atoms with Gasteiger partial charge in [0.15, 0.2) is 6.10 Å². The lowest BCUT2D eigenvalue weighted by molar-refractivity contribution is -0.128. The molecule has 0 bridgehead atoms. The summed E-state index contributed by atoms with van der Waals surface area (Å²) in [5.41, 5.74) is 0. The monoisotopic (exact) mass is 313 g/mol. The van der Waals surface area contributed by atoms with Gasteiger partial charge in [0.1, 0.15) is 5.75 Å². The fourth-order valence-electron chi connectivity index (χ4n) is 2.86. The van der Waals surface area contributed by atoms with E-state index in [4.69, 9.17) is 9.47 Å². The molecule has 0 aromatic heterocycles. The molecule has 0 unspecified atom stereocenters. The van der Waals surface area contributed by atoms with Gasteiger partial charge in [0.25, 0.3) is 5.91 Å². The smallest absolute Gasteiger partial charge is 0.261 e. The third kappa shape index (κ3) is 4.02. The van der Waals surface area contributed by atoms with Crippen LogP contribution in [0.4, 0.5) is 0 Å². The Balaban J connectivity index is 1.61. The maximum absolute atomic E-state index is 12.3. The van der Waals surface area contributed by atoms with E-state index in [9.17, 15) is 4.79 Å². The molecule has 1 heterocycles. The summed E-state index contributed by atoms with van der Waals surface area (Å²) in [5, 5.41) is 5.22. The van der Waals surface area contributed by atoms with Crippen molar-refractivity contribution >= 4 is 16.7 Å². The normalized spacial score (nSPS) is 18.7. The Hall–Kier alpha value is -2.07. The molecule has 1 fully saturated rings. The van der Waals surface area contributed by atoms with Gasteiger partial charge in [-0.2, -0.15) is 0 Å². The van der Waals surface area contributed by atoms with Crippen molar-refractivity contribution in [3.05, 3.63) is 42.5 Å². The zero-order valence-corrected chi connectivity index (χ0v) is 13.5. The van der Waals surface area contributed by atoms with Gasteiger partial charge in [0.2, 0.25) is 0 Å². The quantitative estimate of drug-likeness (QED) is 0.890. The number of rotatable bonds is 6. The molecule has 2 aromatic rings. The summed E-state index contributed by atoms with van der Waals surface area (Å²) in [6.45, 7) is 3.32. The second kappa shape index (κ2) is 7.47. The molecule has 1 N–H and O–H groups in total. The molecular formula is C19H23NO3. The molecular weight excluding hydrogens is 290 g/mol. The molecule has 4 nitrogen and oxygen atoms in total. The highest BCUT2D eigenvalue weighted by Crippen LogP contribution is 2.22. The molecule has 1 amide bonds. The fourth-order valence-corrected chi connectivity index (χ4v) is 2.86. The lowest BCUT2D eigenvalue weighted by Gasteiger charge is -2.19. The third-order valence-electron chi connectivity index (χ3n) is 4.19. The Morgan fingerprint density at radius 2 is 2.13 bits per heavy atom. The van der Waals surface area contributed by atoms with E-state index in [1.807, 2.05) is 43.3 Å². The molecule has 4 heteroatoms. The molecule has 2 atom stereocenters. The molecule has 0 spiro atoms. The largest absolute Gasteiger partial charge is 0.481 e. The van der Waals surface area contributed by atoms with Crippen molar-refractivity contribution in [1.29, 1.82) is 0 Å². The predicted octanol–water partition coefficient (Wildman–Crippen LogP) is 3.29. The SMILES string of the molecule is CC[C@H](Oc1ccc2ccccc2c1)C(=O)NC[C@H]1CCCO1. The van der Waals surface area contributed by atoms with Crippen LogP contribution in [0.5, 0.6) is 5.75 Å².